The summed E-state index contributed by atoms with van der Waals surface area (Å²) in [6.45, 7) is 0. The van der Waals surface area contributed by atoms with Crippen LogP contribution < -0.4 is 10.5 Å². The first-order valence-electron chi connectivity index (χ1n) is 4.70. The molecule has 2 aromatic rings. The average Bonchev–Trinajstić information content (AvgIpc) is 2.33. The lowest BCUT2D eigenvalue weighted by Crippen LogP contribution is -2.11. The van der Waals surface area contributed by atoms with E-state index in [-0.39, 0.29) is 16.7 Å². The Balaban J connectivity index is 2.13. The van der Waals surface area contributed by atoms with Gasteiger partial charge in [-0.2, -0.15) is 0 Å². The average molecular weight is 249 g/mol. The van der Waals surface area contributed by atoms with Crippen LogP contribution in [0, 0.1) is 5.82 Å². The summed E-state index contributed by atoms with van der Waals surface area (Å²) in [5, 5.41) is 0. The van der Waals surface area contributed by atoms with Gasteiger partial charge in [0.1, 0.15) is 22.2 Å². The van der Waals surface area contributed by atoms with Gasteiger partial charge in [0, 0.05) is 0 Å². The van der Waals surface area contributed by atoms with Crippen molar-refractivity contribution in [2.45, 2.75) is 0 Å². The zero-order chi connectivity index (χ0) is 12.3. The minimum absolute atomic E-state index is 0.172. The SMILES string of the molecule is NC(=S)c1cnc(Oc2ccc(F)cc2)cn1. The van der Waals surface area contributed by atoms with Gasteiger partial charge in [0.25, 0.3) is 0 Å². The summed E-state index contributed by atoms with van der Waals surface area (Å²) < 4.78 is 18.0. The van der Waals surface area contributed by atoms with Gasteiger partial charge in [0.15, 0.2) is 0 Å². The maximum Gasteiger partial charge on any atom is 0.237 e. The fourth-order valence-corrected chi connectivity index (χ4v) is 1.22. The molecule has 0 amide bonds. The van der Waals surface area contributed by atoms with Crippen LogP contribution in [0.3, 0.4) is 0 Å². The summed E-state index contributed by atoms with van der Waals surface area (Å²) in [5.74, 6) is 0.438. The molecule has 2 N–H and O–H groups in total. The van der Waals surface area contributed by atoms with Gasteiger partial charge in [-0.1, -0.05) is 12.2 Å². The predicted molar refractivity (Wildman–Crippen MR) is 64.4 cm³/mol. The van der Waals surface area contributed by atoms with Gasteiger partial charge in [-0.3, -0.25) is 0 Å². The van der Waals surface area contributed by atoms with Gasteiger partial charge in [0.05, 0.1) is 12.4 Å². The van der Waals surface area contributed by atoms with Crippen molar-refractivity contribution in [3.05, 3.63) is 48.2 Å². The zero-order valence-corrected chi connectivity index (χ0v) is 9.45. The lowest BCUT2D eigenvalue weighted by atomic mass is 10.3. The highest BCUT2D eigenvalue weighted by Crippen LogP contribution is 2.18. The molecule has 0 unspecified atom stereocenters. The smallest absolute Gasteiger partial charge is 0.237 e. The van der Waals surface area contributed by atoms with Crippen LogP contribution in [0.1, 0.15) is 5.69 Å². The van der Waals surface area contributed by atoms with Crippen LogP contribution in [0.5, 0.6) is 11.6 Å². The van der Waals surface area contributed by atoms with E-state index in [1.807, 2.05) is 0 Å². The molecule has 0 fully saturated rings. The molecule has 0 saturated carbocycles. The van der Waals surface area contributed by atoms with E-state index in [4.69, 9.17) is 22.7 Å². The third kappa shape index (κ3) is 2.94. The Kier molecular flexibility index (Phi) is 3.24. The van der Waals surface area contributed by atoms with Crippen molar-refractivity contribution in [2.75, 3.05) is 0 Å². The van der Waals surface area contributed by atoms with Crippen LogP contribution in [0.15, 0.2) is 36.7 Å². The molecule has 0 bridgehead atoms. The van der Waals surface area contributed by atoms with E-state index >= 15 is 0 Å². The second kappa shape index (κ2) is 4.84. The van der Waals surface area contributed by atoms with E-state index in [0.29, 0.717) is 11.4 Å². The molecule has 6 heteroatoms. The van der Waals surface area contributed by atoms with E-state index in [1.165, 1.54) is 36.7 Å². The van der Waals surface area contributed by atoms with Crippen molar-refractivity contribution in [3.63, 3.8) is 0 Å². The maximum absolute atomic E-state index is 12.7. The number of ether oxygens (including phenoxy) is 1. The Morgan fingerprint density at radius 1 is 1.18 bits per heavy atom. The molecular formula is C11H8FN3OS. The van der Waals surface area contributed by atoms with Gasteiger partial charge in [-0.25, -0.2) is 14.4 Å². The molecule has 86 valence electrons. The molecule has 1 aromatic heterocycles. The van der Waals surface area contributed by atoms with E-state index in [9.17, 15) is 4.39 Å². The van der Waals surface area contributed by atoms with Crippen LogP contribution in [-0.4, -0.2) is 15.0 Å². The molecule has 0 aliphatic heterocycles. The second-order valence-electron chi connectivity index (χ2n) is 3.16. The van der Waals surface area contributed by atoms with Crippen molar-refractivity contribution in [2.24, 2.45) is 5.73 Å². The number of benzene rings is 1. The fourth-order valence-electron chi connectivity index (χ4n) is 1.12. The van der Waals surface area contributed by atoms with E-state index in [1.54, 1.807) is 0 Å². The highest BCUT2D eigenvalue weighted by molar-refractivity contribution is 7.80. The second-order valence-corrected chi connectivity index (χ2v) is 3.60. The molecule has 1 heterocycles. The standard InChI is InChI=1S/C11H8FN3OS/c12-7-1-3-8(4-2-7)16-10-6-14-9(5-15-10)11(13)17/h1-6H,(H2,13,17). The Morgan fingerprint density at radius 2 is 1.88 bits per heavy atom. The Hall–Kier alpha value is -2.08. The molecule has 0 saturated heterocycles. The Labute approximate surface area is 102 Å². The van der Waals surface area contributed by atoms with Crippen molar-refractivity contribution in [1.82, 2.24) is 9.97 Å². The normalized spacial score (nSPS) is 9.94. The lowest BCUT2D eigenvalue weighted by Gasteiger charge is -2.04. The predicted octanol–water partition coefficient (Wildman–Crippen LogP) is 2.04. The summed E-state index contributed by atoms with van der Waals surface area (Å²) in [6, 6.07) is 5.59. The summed E-state index contributed by atoms with van der Waals surface area (Å²) in [5.41, 5.74) is 5.80. The third-order valence-corrected chi connectivity index (χ3v) is 2.13. The molecule has 0 aliphatic rings. The van der Waals surface area contributed by atoms with E-state index < -0.39 is 0 Å². The minimum atomic E-state index is -0.327. The molecule has 17 heavy (non-hydrogen) atoms. The van der Waals surface area contributed by atoms with E-state index in [0.717, 1.165) is 0 Å². The Bertz CT molecular complexity index is 527. The van der Waals surface area contributed by atoms with Crippen molar-refractivity contribution < 1.29 is 9.13 Å². The van der Waals surface area contributed by atoms with Gasteiger partial charge in [-0.05, 0) is 24.3 Å². The number of aromatic nitrogens is 2. The quantitative estimate of drug-likeness (QED) is 0.843. The van der Waals surface area contributed by atoms with Crippen molar-refractivity contribution >= 4 is 17.2 Å². The first-order chi connectivity index (χ1) is 8.15. The first-order valence-corrected chi connectivity index (χ1v) is 5.11. The highest BCUT2D eigenvalue weighted by atomic mass is 32.1. The minimum Gasteiger partial charge on any atom is -0.438 e. The number of rotatable bonds is 3. The first kappa shape index (κ1) is 11.4. The van der Waals surface area contributed by atoms with Gasteiger partial charge < -0.3 is 10.5 Å². The topological polar surface area (TPSA) is 61.0 Å². The molecule has 0 aliphatic carbocycles. The number of thiocarbonyl (C=S) groups is 1. The van der Waals surface area contributed by atoms with Crippen molar-refractivity contribution in [1.29, 1.82) is 0 Å². The molecule has 2 rings (SSSR count). The van der Waals surface area contributed by atoms with Crippen LogP contribution in [0.4, 0.5) is 4.39 Å². The molecule has 0 spiro atoms. The van der Waals surface area contributed by atoms with Gasteiger partial charge >= 0.3 is 0 Å². The molecule has 0 radical (unpaired) electrons. The number of halogens is 1. The fraction of sp³-hybridized carbons (Fsp3) is 0. The zero-order valence-electron chi connectivity index (χ0n) is 8.63. The summed E-state index contributed by atoms with van der Waals surface area (Å²) in [6.07, 6.45) is 2.82. The molecule has 0 atom stereocenters. The van der Waals surface area contributed by atoms with Crippen LogP contribution in [0.25, 0.3) is 0 Å². The van der Waals surface area contributed by atoms with Gasteiger partial charge in [-0.15, -0.1) is 0 Å². The van der Waals surface area contributed by atoms with Crippen LogP contribution in [0.2, 0.25) is 0 Å². The van der Waals surface area contributed by atoms with Crippen LogP contribution >= 0.6 is 12.2 Å². The number of nitrogens with zero attached hydrogens (tertiary/aromatic N) is 2. The lowest BCUT2D eigenvalue weighted by molar-refractivity contribution is 0.458. The Morgan fingerprint density at radius 3 is 2.41 bits per heavy atom. The number of hydrogen-bond donors (Lipinski definition) is 1. The summed E-state index contributed by atoms with van der Waals surface area (Å²) in [4.78, 5) is 8.11. The molecule has 1 aromatic carbocycles. The third-order valence-electron chi connectivity index (χ3n) is 1.92. The van der Waals surface area contributed by atoms with E-state index in [2.05, 4.69) is 9.97 Å². The van der Waals surface area contributed by atoms with Crippen molar-refractivity contribution in [3.8, 4) is 11.6 Å². The largest absolute Gasteiger partial charge is 0.438 e. The van der Waals surface area contributed by atoms with Crippen LogP contribution in [-0.2, 0) is 0 Å². The summed E-state index contributed by atoms with van der Waals surface area (Å²) >= 11 is 4.74. The van der Waals surface area contributed by atoms with Gasteiger partial charge in [0.2, 0.25) is 5.88 Å². The molecular weight excluding hydrogens is 241 g/mol. The number of hydrogen-bond acceptors (Lipinski definition) is 4. The maximum atomic E-state index is 12.7. The monoisotopic (exact) mass is 249 g/mol. The molecule has 4 nitrogen and oxygen atoms in total. The number of nitrogens with two attached hydrogens (primary N) is 1. The summed E-state index contributed by atoms with van der Waals surface area (Å²) in [7, 11) is 0. The highest BCUT2D eigenvalue weighted by Gasteiger charge is 2.02.